The first-order valence-corrected chi connectivity index (χ1v) is 5.31. The summed E-state index contributed by atoms with van der Waals surface area (Å²) >= 11 is 11.4. The molecule has 5 heteroatoms. The molecule has 78 valence electrons. The third-order valence-corrected chi connectivity index (χ3v) is 2.36. The van der Waals surface area contributed by atoms with Crippen LogP contribution in [0, 0.1) is 0 Å². The van der Waals surface area contributed by atoms with Crippen molar-refractivity contribution in [1.82, 2.24) is 9.97 Å². The standard InChI is InChI=1S/C10H8Cl2N2O/c11-3-4-15-7-1-2-8-9(5-7)13-6-14-10(8)12/h1-2,5-6H,3-4H2. The van der Waals surface area contributed by atoms with E-state index in [9.17, 15) is 0 Å². The number of nitrogens with zero attached hydrogens (tertiary/aromatic N) is 2. The molecule has 0 unspecified atom stereocenters. The number of alkyl halides is 1. The lowest BCUT2D eigenvalue weighted by Gasteiger charge is -2.05. The third kappa shape index (κ3) is 2.30. The molecule has 1 aromatic heterocycles. The Labute approximate surface area is 97.0 Å². The molecule has 0 N–H and O–H groups in total. The predicted molar refractivity (Wildman–Crippen MR) is 60.8 cm³/mol. The molecule has 2 aromatic rings. The molecule has 0 spiro atoms. The van der Waals surface area contributed by atoms with E-state index in [-0.39, 0.29) is 0 Å². The number of hydrogen-bond donors (Lipinski definition) is 0. The van der Waals surface area contributed by atoms with Gasteiger partial charge in [-0.3, -0.25) is 0 Å². The Hall–Kier alpha value is -1.06. The van der Waals surface area contributed by atoms with Crippen LogP contribution in [0.2, 0.25) is 5.15 Å². The van der Waals surface area contributed by atoms with Crippen LogP contribution >= 0.6 is 23.2 Å². The van der Waals surface area contributed by atoms with Gasteiger partial charge in [-0.05, 0) is 12.1 Å². The van der Waals surface area contributed by atoms with E-state index in [1.54, 1.807) is 0 Å². The fraction of sp³-hybridized carbons (Fsp3) is 0.200. The van der Waals surface area contributed by atoms with E-state index in [1.807, 2.05) is 18.2 Å². The van der Waals surface area contributed by atoms with Crippen molar-refractivity contribution in [2.45, 2.75) is 0 Å². The first kappa shape index (κ1) is 10.5. The van der Waals surface area contributed by atoms with Gasteiger partial charge < -0.3 is 4.74 Å². The van der Waals surface area contributed by atoms with Crippen LogP contribution in [0.25, 0.3) is 10.9 Å². The Bertz CT molecular complexity index is 476. The predicted octanol–water partition coefficient (Wildman–Crippen LogP) is 2.90. The van der Waals surface area contributed by atoms with E-state index in [4.69, 9.17) is 27.9 Å². The average Bonchev–Trinajstić information content (AvgIpc) is 2.26. The lowest BCUT2D eigenvalue weighted by molar-refractivity contribution is 0.343. The molecule has 0 bridgehead atoms. The molecule has 3 nitrogen and oxygen atoms in total. The molecule has 0 aliphatic rings. The SMILES string of the molecule is ClCCOc1ccc2c(Cl)ncnc2c1. The van der Waals surface area contributed by atoms with E-state index >= 15 is 0 Å². The first-order chi connectivity index (χ1) is 7.31. The molecule has 0 fully saturated rings. The van der Waals surface area contributed by atoms with Crippen molar-refractivity contribution in [2.75, 3.05) is 12.5 Å². The van der Waals surface area contributed by atoms with Crippen LogP contribution in [-0.4, -0.2) is 22.5 Å². The van der Waals surface area contributed by atoms with Gasteiger partial charge in [0.1, 0.15) is 23.8 Å². The first-order valence-electron chi connectivity index (χ1n) is 4.40. The van der Waals surface area contributed by atoms with Crippen LogP contribution in [0.5, 0.6) is 5.75 Å². The fourth-order valence-electron chi connectivity index (χ4n) is 1.25. The zero-order valence-corrected chi connectivity index (χ0v) is 9.29. The van der Waals surface area contributed by atoms with Crippen LogP contribution in [0.1, 0.15) is 0 Å². The van der Waals surface area contributed by atoms with Crippen molar-refractivity contribution >= 4 is 34.1 Å². The molecule has 0 amide bonds. The Kier molecular flexibility index (Phi) is 3.23. The van der Waals surface area contributed by atoms with Crippen LogP contribution in [0.15, 0.2) is 24.5 Å². The highest BCUT2D eigenvalue weighted by atomic mass is 35.5. The van der Waals surface area contributed by atoms with Crippen molar-refractivity contribution in [2.24, 2.45) is 0 Å². The second-order valence-corrected chi connectivity index (χ2v) is 3.62. The molecule has 0 radical (unpaired) electrons. The number of aromatic nitrogens is 2. The summed E-state index contributed by atoms with van der Waals surface area (Å²) in [5.74, 6) is 1.20. The quantitative estimate of drug-likeness (QED) is 0.614. The Morgan fingerprint density at radius 1 is 1.27 bits per heavy atom. The summed E-state index contributed by atoms with van der Waals surface area (Å²) in [7, 11) is 0. The van der Waals surface area contributed by atoms with Crippen molar-refractivity contribution in [3.8, 4) is 5.75 Å². The highest BCUT2D eigenvalue weighted by Crippen LogP contribution is 2.23. The van der Waals surface area contributed by atoms with Gasteiger partial charge in [-0.2, -0.15) is 0 Å². The molecule has 0 saturated carbocycles. The molecule has 0 aliphatic heterocycles. The van der Waals surface area contributed by atoms with E-state index in [1.165, 1.54) is 6.33 Å². The second-order valence-electron chi connectivity index (χ2n) is 2.88. The summed E-state index contributed by atoms with van der Waals surface area (Å²) in [5, 5.41) is 1.27. The number of benzene rings is 1. The maximum absolute atomic E-state index is 5.90. The van der Waals surface area contributed by atoms with Gasteiger partial charge in [0.2, 0.25) is 0 Å². The van der Waals surface area contributed by atoms with Crippen molar-refractivity contribution in [3.05, 3.63) is 29.7 Å². The van der Waals surface area contributed by atoms with Gasteiger partial charge in [0.15, 0.2) is 0 Å². The lowest BCUT2D eigenvalue weighted by atomic mass is 10.2. The number of ether oxygens (including phenoxy) is 1. The maximum atomic E-state index is 5.90. The Morgan fingerprint density at radius 2 is 2.13 bits per heavy atom. The maximum Gasteiger partial charge on any atom is 0.140 e. The van der Waals surface area contributed by atoms with Gasteiger partial charge >= 0.3 is 0 Å². The third-order valence-electron chi connectivity index (χ3n) is 1.91. The van der Waals surface area contributed by atoms with Crippen LogP contribution in [0.3, 0.4) is 0 Å². The monoisotopic (exact) mass is 242 g/mol. The molecular weight excluding hydrogens is 235 g/mol. The minimum atomic E-state index is 0.448. The van der Waals surface area contributed by atoms with E-state index in [0.29, 0.717) is 17.6 Å². The minimum absolute atomic E-state index is 0.448. The zero-order chi connectivity index (χ0) is 10.7. The molecule has 1 aromatic carbocycles. The van der Waals surface area contributed by atoms with Crippen LogP contribution in [-0.2, 0) is 0 Å². The van der Waals surface area contributed by atoms with Gasteiger partial charge in [-0.1, -0.05) is 11.6 Å². The van der Waals surface area contributed by atoms with E-state index in [0.717, 1.165) is 16.7 Å². The topological polar surface area (TPSA) is 35.0 Å². The largest absolute Gasteiger partial charge is 0.492 e. The molecule has 0 atom stereocenters. The summed E-state index contributed by atoms with van der Waals surface area (Å²) in [6.07, 6.45) is 1.43. The van der Waals surface area contributed by atoms with Gasteiger partial charge in [0, 0.05) is 11.5 Å². The molecule has 1 heterocycles. The van der Waals surface area contributed by atoms with E-state index in [2.05, 4.69) is 9.97 Å². The number of halogens is 2. The number of fused-ring (bicyclic) bond motifs is 1. The zero-order valence-electron chi connectivity index (χ0n) is 7.78. The summed E-state index contributed by atoms with van der Waals surface area (Å²) in [4.78, 5) is 7.99. The Morgan fingerprint density at radius 3 is 2.93 bits per heavy atom. The summed E-state index contributed by atoms with van der Waals surface area (Å²) in [6, 6.07) is 5.47. The van der Waals surface area contributed by atoms with Gasteiger partial charge in [-0.15, -0.1) is 11.6 Å². The van der Waals surface area contributed by atoms with Crippen molar-refractivity contribution in [1.29, 1.82) is 0 Å². The van der Waals surface area contributed by atoms with Crippen LogP contribution < -0.4 is 4.74 Å². The van der Waals surface area contributed by atoms with Gasteiger partial charge in [0.25, 0.3) is 0 Å². The number of hydrogen-bond acceptors (Lipinski definition) is 3. The van der Waals surface area contributed by atoms with Crippen molar-refractivity contribution in [3.63, 3.8) is 0 Å². The molecule has 0 saturated heterocycles. The van der Waals surface area contributed by atoms with Gasteiger partial charge in [0.05, 0.1) is 11.4 Å². The summed E-state index contributed by atoms with van der Waals surface area (Å²) in [5.41, 5.74) is 0.766. The smallest absolute Gasteiger partial charge is 0.140 e. The second kappa shape index (κ2) is 4.64. The molecule has 2 rings (SSSR count). The lowest BCUT2D eigenvalue weighted by Crippen LogP contribution is -1.98. The highest BCUT2D eigenvalue weighted by Gasteiger charge is 2.02. The summed E-state index contributed by atoms with van der Waals surface area (Å²) in [6.45, 7) is 0.478. The minimum Gasteiger partial charge on any atom is -0.492 e. The number of rotatable bonds is 3. The summed E-state index contributed by atoms with van der Waals surface area (Å²) < 4.78 is 5.37. The van der Waals surface area contributed by atoms with Crippen molar-refractivity contribution < 1.29 is 4.74 Å². The normalized spacial score (nSPS) is 10.5. The molecule has 0 aliphatic carbocycles. The van der Waals surface area contributed by atoms with E-state index < -0.39 is 0 Å². The van der Waals surface area contributed by atoms with Gasteiger partial charge in [-0.25, -0.2) is 9.97 Å². The average molecular weight is 243 g/mol. The fourth-order valence-corrected chi connectivity index (χ4v) is 1.53. The Balaban J connectivity index is 2.39. The molecular formula is C10H8Cl2N2O. The molecule has 15 heavy (non-hydrogen) atoms. The van der Waals surface area contributed by atoms with Crippen LogP contribution in [0.4, 0.5) is 0 Å². The highest BCUT2D eigenvalue weighted by molar-refractivity contribution is 6.34.